The molecule has 0 aliphatic carbocycles. The molecule has 2 fully saturated rings. The van der Waals surface area contributed by atoms with Crippen molar-refractivity contribution in [3.63, 3.8) is 0 Å². The van der Waals surface area contributed by atoms with Gasteiger partial charge in [0.1, 0.15) is 5.54 Å². The highest BCUT2D eigenvalue weighted by Gasteiger charge is 2.56. The van der Waals surface area contributed by atoms with Gasteiger partial charge in [-0.05, 0) is 42.5 Å². The Kier molecular flexibility index (Phi) is 5.13. The second-order valence-electron chi connectivity index (χ2n) is 7.70. The summed E-state index contributed by atoms with van der Waals surface area (Å²) in [6.45, 7) is 2.90. The molecule has 2 aromatic rings. The first-order valence-electron chi connectivity index (χ1n) is 9.85. The third-order valence-corrected chi connectivity index (χ3v) is 6.11. The summed E-state index contributed by atoms with van der Waals surface area (Å²) >= 11 is 0. The van der Waals surface area contributed by atoms with E-state index in [-0.39, 0.29) is 11.9 Å². The van der Waals surface area contributed by atoms with E-state index in [2.05, 4.69) is 9.88 Å². The van der Waals surface area contributed by atoms with Gasteiger partial charge in [0.15, 0.2) is 0 Å². The maximum absolute atomic E-state index is 13.2. The van der Waals surface area contributed by atoms with Gasteiger partial charge in [-0.3, -0.25) is 19.6 Å². The van der Waals surface area contributed by atoms with E-state index in [0.29, 0.717) is 25.8 Å². The summed E-state index contributed by atoms with van der Waals surface area (Å²) in [6.07, 6.45) is 5.66. The molecular formula is C22H26N4O2. The predicted octanol–water partition coefficient (Wildman–Crippen LogP) is 2.55. The standard InChI is InChI=1S/C22H26N4O2/c1-24-21(28)26(14-9-18-5-3-2-4-6-18)20(27)22(24)10-15-25(16-11-22)17-19-7-12-23-13-8-19/h2-8,12-13H,9-11,14-17H2,1H3. The Balaban J connectivity index is 1.40. The molecule has 0 unspecified atom stereocenters. The Bertz CT molecular complexity index is 832. The number of amides is 3. The number of likely N-dealkylation sites (N-methyl/N-ethyl adjacent to an activating group) is 1. The summed E-state index contributed by atoms with van der Waals surface area (Å²) in [6, 6.07) is 13.9. The molecule has 4 rings (SSSR count). The second-order valence-corrected chi connectivity index (χ2v) is 7.70. The third-order valence-electron chi connectivity index (χ3n) is 6.11. The maximum atomic E-state index is 13.2. The lowest BCUT2D eigenvalue weighted by molar-refractivity contribution is -0.135. The van der Waals surface area contributed by atoms with Crippen LogP contribution in [-0.2, 0) is 17.8 Å². The highest BCUT2D eigenvalue weighted by atomic mass is 16.2. The maximum Gasteiger partial charge on any atom is 0.327 e. The van der Waals surface area contributed by atoms with Crippen molar-refractivity contribution in [3.05, 3.63) is 66.0 Å². The van der Waals surface area contributed by atoms with Gasteiger partial charge in [0.2, 0.25) is 0 Å². The van der Waals surface area contributed by atoms with Crippen LogP contribution >= 0.6 is 0 Å². The van der Waals surface area contributed by atoms with Crippen LogP contribution < -0.4 is 0 Å². The van der Waals surface area contributed by atoms with E-state index in [1.54, 1.807) is 24.3 Å². The Morgan fingerprint density at radius 1 is 0.964 bits per heavy atom. The largest absolute Gasteiger partial charge is 0.327 e. The SMILES string of the molecule is CN1C(=O)N(CCc2ccccc2)C(=O)C12CCN(Cc1ccncc1)CC2. The summed E-state index contributed by atoms with van der Waals surface area (Å²) in [5.74, 6) is -0.0282. The van der Waals surface area contributed by atoms with E-state index < -0.39 is 5.54 Å². The Labute approximate surface area is 165 Å². The molecule has 0 saturated carbocycles. The number of piperidine rings is 1. The number of aromatic nitrogens is 1. The molecule has 0 atom stereocenters. The van der Waals surface area contributed by atoms with E-state index in [1.165, 1.54) is 10.5 Å². The highest BCUT2D eigenvalue weighted by molar-refractivity contribution is 6.07. The molecule has 2 aliphatic rings. The number of hydrogen-bond acceptors (Lipinski definition) is 4. The van der Waals surface area contributed by atoms with Crippen molar-refractivity contribution in [1.82, 2.24) is 19.7 Å². The summed E-state index contributed by atoms with van der Waals surface area (Å²) < 4.78 is 0. The fraction of sp³-hybridized carbons (Fsp3) is 0.409. The molecule has 146 valence electrons. The van der Waals surface area contributed by atoms with Crippen LogP contribution in [0, 0.1) is 0 Å². The molecule has 28 heavy (non-hydrogen) atoms. The first kappa shape index (κ1) is 18.6. The van der Waals surface area contributed by atoms with Crippen LogP contribution in [-0.4, -0.2) is 63.8 Å². The second kappa shape index (κ2) is 7.72. The van der Waals surface area contributed by atoms with E-state index in [0.717, 1.165) is 25.2 Å². The molecule has 0 radical (unpaired) electrons. The lowest BCUT2D eigenvalue weighted by atomic mass is 9.86. The number of carbonyl (C=O) groups excluding carboxylic acids is 2. The average Bonchev–Trinajstić information content (AvgIpc) is 2.91. The van der Waals surface area contributed by atoms with Gasteiger partial charge in [-0.2, -0.15) is 0 Å². The lowest BCUT2D eigenvalue weighted by Crippen LogP contribution is -2.55. The molecule has 1 spiro atoms. The van der Waals surface area contributed by atoms with Crippen LogP contribution in [0.5, 0.6) is 0 Å². The number of nitrogens with zero attached hydrogens (tertiary/aromatic N) is 4. The first-order chi connectivity index (χ1) is 13.6. The summed E-state index contributed by atoms with van der Waals surface area (Å²) in [7, 11) is 1.78. The quantitative estimate of drug-likeness (QED) is 0.751. The van der Waals surface area contributed by atoms with Crippen LogP contribution in [0.4, 0.5) is 4.79 Å². The number of carbonyl (C=O) groups is 2. The monoisotopic (exact) mass is 378 g/mol. The predicted molar refractivity (Wildman–Crippen MR) is 106 cm³/mol. The summed E-state index contributed by atoms with van der Waals surface area (Å²) in [5.41, 5.74) is 1.68. The normalized spacial score (nSPS) is 19.6. The minimum atomic E-state index is -0.678. The Morgan fingerprint density at radius 2 is 1.64 bits per heavy atom. The van der Waals surface area contributed by atoms with Crippen molar-refractivity contribution in [1.29, 1.82) is 0 Å². The Hall–Kier alpha value is -2.73. The lowest BCUT2D eigenvalue weighted by Gasteiger charge is -2.40. The van der Waals surface area contributed by atoms with Crippen molar-refractivity contribution in [2.75, 3.05) is 26.7 Å². The fourth-order valence-corrected chi connectivity index (χ4v) is 4.31. The molecule has 1 aromatic heterocycles. The third kappa shape index (κ3) is 3.40. The molecular weight excluding hydrogens is 352 g/mol. The molecule has 2 aliphatic heterocycles. The smallest absolute Gasteiger partial charge is 0.312 e. The Morgan fingerprint density at radius 3 is 2.32 bits per heavy atom. The van der Waals surface area contributed by atoms with Crippen molar-refractivity contribution in [3.8, 4) is 0 Å². The number of urea groups is 1. The fourth-order valence-electron chi connectivity index (χ4n) is 4.31. The number of likely N-dealkylation sites (tertiary alicyclic amines) is 1. The number of imide groups is 1. The highest BCUT2D eigenvalue weighted by Crippen LogP contribution is 2.36. The minimum Gasteiger partial charge on any atom is -0.312 e. The van der Waals surface area contributed by atoms with E-state index in [1.807, 2.05) is 42.5 Å². The number of hydrogen-bond donors (Lipinski definition) is 0. The minimum absolute atomic E-state index is 0.0282. The molecule has 3 amide bonds. The average molecular weight is 378 g/mol. The van der Waals surface area contributed by atoms with Gasteiger partial charge >= 0.3 is 6.03 Å². The zero-order valence-corrected chi connectivity index (χ0v) is 16.3. The molecule has 1 aromatic carbocycles. The summed E-state index contributed by atoms with van der Waals surface area (Å²) in [5, 5.41) is 0. The first-order valence-corrected chi connectivity index (χ1v) is 9.85. The van der Waals surface area contributed by atoms with E-state index >= 15 is 0 Å². The summed E-state index contributed by atoms with van der Waals surface area (Å²) in [4.78, 5) is 35.6. The van der Waals surface area contributed by atoms with Crippen molar-refractivity contribution < 1.29 is 9.59 Å². The number of benzene rings is 1. The molecule has 3 heterocycles. The van der Waals surface area contributed by atoms with Gasteiger partial charge < -0.3 is 4.90 Å². The van der Waals surface area contributed by atoms with Crippen LogP contribution in [0.15, 0.2) is 54.9 Å². The van der Waals surface area contributed by atoms with Crippen LogP contribution in [0.1, 0.15) is 24.0 Å². The van der Waals surface area contributed by atoms with E-state index in [4.69, 9.17) is 0 Å². The number of rotatable bonds is 5. The van der Waals surface area contributed by atoms with Crippen molar-refractivity contribution in [2.45, 2.75) is 31.3 Å². The zero-order valence-electron chi connectivity index (χ0n) is 16.3. The van der Waals surface area contributed by atoms with Gasteiger partial charge in [-0.1, -0.05) is 30.3 Å². The molecule has 0 N–H and O–H groups in total. The molecule has 2 saturated heterocycles. The van der Waals surface area contributed by atoms with Crippen LogP contribution in [0.25, 0.3) is 0 Å². The van der Waals surface area contributed by atoms with Crippen LogP contribution in [0.3, 0.4) is 0 Å². The molecule has 0 bridgehead atoms. The van der Waals surface area contributed by atoms with E-state index in [9.17, 15) is 9.59 Å². The topological polar surface area (TPSA) is 56.8 Å². The molecule has 6 nitrogen and oxygen atoms in total. The zero-order chi connectivity index (χ0) is 19.6. The van der Waals surface area contributed by atoms with Gasteiger partial charge in [0, 0.05) is 45.6 Å². The van der Waals surface area contributed by atoms with Crippen molar-refractivity contribution >= 4 is 11.9 Å². The van der Waals surface area contributed by atoms with Gasteiger partial charge in [0.05, 0.1) is 0 Å². The van der Waals surface area contributed by atoms with Gasteiger partial charge in [0.25, 0.3) is 5.91 Å². The van der Waals surface area contributed by atoms with Gasteiger partial charge in [-0.15, -0.1) is 0 Å². The number of pyridine rings is 1. The van der Waals surface area contributed by atoms with Crippen LogP contribution in [0.2, 0.25) is 0 Å². The van der Waals surface area contributed by atoms with Crippen molar-refractivity contribution in [2.24, 2.45) is 0 Å². The van der Waals surface area contributed by atoms with Gasteiger partial charge in [-0.25, -0.2) is 4.79 Å². The molecule has 6 heteroatoms.